The average Bonchev–Trinajstić information content (AvgIpc) is 2.77. The quantitative estimate of drug-likeness (QED) is 0.124. The monoisotopic (exact) mass is 647 g/mol. The summed E-state index contributed by atoms with van der Waals surface area (Å²) in [6.45, 7) is 0.404. The summed E-state index contributed by atoms with van der Waals surface area (Å²) in [5.41, 5.74) is 3.44. The molecule has 2 nitrogen and oxygen atoms in total. The number of fused-ring (bicyclic) bond motifs is 1. The van der Waals surface area contributed by atoms with Gasteiger partial charge in [0, 0.05) is 10.6 Å². The second-order valence-corrected chi connectivity index (χ2v) is 9.66. The maximum atomic E-state index is 9.78. The highest BCUT2D eigenvalue weighted by molar-refractivity contribution is 14.1. The number of benzene rings is 4. The fourth-order valence-corrected chi connectivity index (χ4v) is 5.59. The Hall–Kier alpha value is -2.08. The van der Waals surface area contributed by atoms with E-state index in [1.165, 1.54) is 0 Å². The van der Waals surface area contributed by atoms with Gasteiger partial charge in [0.25, 0.3) is 0 Å². The first-order valence-electron chi connectivity index (χ1n) is 9.51. The first-order chi connectivity index (χ1) is 15.0. The van der Waals surface area contributed by atoms with Crippen molar-refractivity contribution in [1.82, 2.24) is 0 Å². The van der Waals surface area contributed by atoms with Crippen molar-refractivity contribution < 1.29 is 4.74 Å². The van der Waals surface area contributed by atoms with E-state index in [4.69, 9.17) is 16.3 Å². The molecule has 0 fully saturated rings. The van der Waals surface area contributed by atoms with E-state index in [-0.39, 0.29) is 0 Å². The van der Waals surface area contributed by atoms with Gasteiger partial charge in [-0.25, -0.2) is 0 Å². The zero-order valence-electron chi connectivity index (χ0n) is 16.3. The number of hydrogen-bond donors (Lipinski definition) is 0. The molecule has 152 valence electrons. The number of hydrogen-bond acceptors (Lipinski definition) is 2. The van der Waals surface area contributed by atoms with Crippen molar-refractivity contribution >= 4 is 79.2 Å². The molecule has 0 atom stereocenters. The Morgan fingerprint density at radius 2 is 1.58 bits per heavy atom. The van der Waals surface area contributed by atoms with Crippen molar-refractivity contribution in [2.24, 2.45) is 0 Å². The minimum Gasteiger partial charge on any atom is -0.487 e. The Morgan fingerprint density at radius 3 is 2.29 bits per heavy atom. The van der Waals surface area contributed by atoms with Gasteiger partial charge in [-0.3, -0.25) is 0 Å². The third-order valence-electron chi connectivity index (χ3n) is 4.84. The summed E-state index contributed by atoms with van der Waals surface area (Å²) in [4.78, 5) is 0. The first-order valence-corrected chi connectivity index (χ1v) is 12.0. The number of rotatable bonds is 5. The van der Waals surface area contributed by atoms with Crippen molar-refractivity contribution in [3.8, 4) is 11.8 Å². The van der Waals surface area contributed by atoms with Crippen molar-refractivity contribution in [1.29, 1.82) is 5.26 Å². The molecule has 5 heteroatoms. The van der Waals surface area contributed by atoms with Crippen LogP contribution in [0.2, 0.25) is 5.02 Å². The predicted molar refractivity (Wildman–Crippen MR) is 145 cm³/mol. The van der Waals surface area contributed by atoms with E-state index in [9.17, 15) is 5.26 Å². The second kappa shape index (κ2) is 10.0. The summed E-state index contributed by atoms with van der Waals surface area (Å²) in [7, 11) is 0. The third kappa shape index (κ3) is 5.22. The molecule has 0 radical (unpaired) electrons. The van der Waals surface area contributed by atoms with Gasteiger partial charge < -0.3 is 4.74 Å². The van der Waals surface area contributed by atoms with E-state index in [1.807, 2.05) is 60.7 Å². The molecule has 0 aliphatic heterocycles. The van der Waals surface area contributed by atoms with Crippen LogP contribution < -0.4 is 4.74 Å². The maximum Gasteiger partial charge on any atom is 0.146 e. The second-order valence-electron chi connectivity index (χ2n) is 6.93. The SMILES string of the molecule is N#C/C(=C/c1cc(I)c(OCc2ccccc2Cl)c(I)c1)c1ccc2ccccc2c1. The summed E-state index contributed by atoms with van der Waals surface area (Å²) in [6.07, 6.45) is 1.92. The van der Waals surface area contributed by atoms with Crippen molar-refractivity contribution in [2.45, 2.75) is 6.61 Å². The van der Waals surface area contributed by atoms with Gasteiger partial charge in [0.15, 0.2) is 0 Å². The van der Waals surface area contributed by atoms with Gasteiger partial charge in [0.2, 0.25) is 0 Å². The normalized spacial score (nSPS) is 11.4. The molecule has 0 heterocycles. The van der Waals surface area contributed by atoms with Gasteiger partial charge in [-0.1, -0.05) is 66.2 Å². The molecule has 0 aromatic heterocycles. The highest BCUT2D eigenvalue weighted by Crippen LogP contribution is 2.32. The Balaban J connectivity index is 1.62. The van der Waals surface area contributed by atoms with E-state index < -0.39 is 0 Å². The minimum absolute atomic E-state index is 0.404. The zero-order valence-corrected chi connectivity index (χ0v) is 21.4. The van der Waals surface area contributed by atoms with Crippen LogP contribution in [-0.2, 0) is 6.61 Å². The third-order valence-corrected chi connectivity index (χ3v) is 6.81. The van der Waals surface area contributed by atoms with Crippen LogP contribution in [0.5, 0.6) is 5.75 Å². The molecular weight excluding hydrogens is 632 g/mol. The number of nitrogens with zero attached hydrogens (tertiary/aromatic N) is 1. The lowest BCUT2D eigenvalue weighted by atomic mass is 10.0. The highest BCUT2D eigenvalue weighted by atomic mass is 127. The van der Waals surface area contributed by atoms with Gasteiger partial charge in [-0.15, -0.1) is 0 Å². The minimum atomic E-state index is 0.404. The van der Waals surface area contributed by atoms with Gasteiger partial charge in [0.05, 0.1) is 18.8 Å². The van der Waals surface area contributed by atoms with Crippen LogP contribution in [0.4, 0.5) is 0 Å². The number of halogens is 3. The molecule has 0 aliphatic carbocycles. The largest absolute Gasteiger partial charge is 0.487 e. The van der Waals surface area contributed by atoms with E-state index in [2.05, 4.69) is 75.5 Å². The van der Waals surface area contributed by atoms with Gasteiger partial charge >= 0.3 is 0 Å². The maximum absolute atomic E-state index is 9.78. The van der Waals surface area contributed by atoms with E-state index >= 15 is 0 Å². The van der Waals surface area contributed by atoms with Crippen LogP contribution in [-0.4, -0.2) is 0 Å². The lowest BCUT2D eigenvalue weighted by Crippen LogP contribution is -2.00. The van der Waals surface area contributed by atoms with Gasteiger partial charge in [-0.2, -0.15) is 5.26 Å². The van der Waals surface area contributed by atoms with Crippen molar-refractivity contribution in [2.75, 3.05) is 0 Å². The molecule has 0 N–H and O–H groups in total. The van der Waals surface area contributed by atoms with Crippen LogP contribution in [0.25, 0.3) is 22.4 Å². The van der Waals surface area contributed by atoms with Gasteiger partial charge in [0.1, 0.15) is 12.4 Å². The molecule has 0 bridgehead atoms. The topological polar surface area (TPSA) is 33.0 Å². The van der Waals surface area contributed by atoms with Crippen LogP contribution in [0.1, 0.15) is 16.7 Å². The average molecular weight is 648 g/mol. The van der Waals surface area contributed by atoms with Crippen LogP contribution in [0, 0.1) is 18.5 Å². The number of allylic oxidation sites excluding steroid dienone is 1. The molecule has 0 unspecified atom stereocenters. The van der Waals surface area contributed by atoms with Crippen molar-refractivity contribution in [3.05, 3.63) is 108 Å². The molecule has 4 aromatic rings. The summed E-state index contributed by atoms with van der Waals surface area (Å²) >= 11 is 10.8. The lowest BCUT2D eigenvalue weighted by Gasteiger charge is -2.12. The van der Waals surface area contributed by atoms with Crippen LogP contribution >= 0.6 is 56.8 Å². The number of ether oxygens (including phenoxy) is 1. The molecule has 0 aliphatic rings. The molecule has 31 heavy (non-hydrogen) atoms. The lowest BCUT2D eigenvalue weighted by molar-refractivity contribution is 0.302. The Labute approximate surface area is 213 Å². The molecule has 0 saturated carbocycles. The molecule has 0 amide bonds. The molecular formula is C26H16ClI2NO. The molecule has 0 saturated heterocycles. The Kier molecular flexibility index (Phi) is 7.16. The number of nitriles is 1. The van der Waals surface area contributed by atoms with Crippen LogP contribution in [0.15, 0.2) is 78.9 Å². The Morgan fingerprint density at radius 1 is 0.903 bits per heavy atom. The van der Waals surface area contributed by atoms with E-state index in [1.54, 1.807) is 0 Å². The fraction of sp³-hybridized carbons (Fsp3) is 0.0385. The Bertz CT molecular complexity index is 1320. The summed E-state index contributed by atoms with van der Waals surface area (Å²) in [6, 6.07) is 28.3. The highest BCUT2D eigenvalue weighted by Gasteiger charge is 2.11. The van der Waals surface area contributed by atoms with E-state index in [0.29, 0.717) is 17.2 Å². The standard InChI is InChI=1S/C26H16ClI2NO/c27-23-8-4-3-7-21(23)16-31-26-24(28)12-17(13-25(26)29)11-22(15-30)20-10-9-18-5-1-2-6-19(18)14-20/h1-14H,16H2/b22-11-. The summed E-state index contributed by atoms with van der Waals surface area (Å²) in [5.74, 6) is 0.822. The van der Waals surface area contributed by atoms with Gasteiger partial charge in [-0.05, 0) is 97.4 Å². The molecule has 4 rings (SSSR count). The molecule has 4 aromatic carbocycles. The first kappa shape index (κ1) is 22.1. The smallest absolute Gasteiger partial charge is 0.146 e. The predicted octanol–water partition coefficient (Wildman–Crippen LogP) is 8.35. The molecule has 0 spiro atoms. The fourth-order valence-electron chi connectivity index (χ4n) is 3.27. The van der Waals surface area contributed by atoms with Crippen molar-refractivity contribution in [3.63, 3.8) is 0 Å². The summed E-state index contributed by atoms with van der Waals surface area (Å²) < 4.78 is 8.04. The van der Waals surface area contributed by atoms with Crippen LogP contribution in [0.3, 0.4) is 0 Å². The van der Waals surface area contributed by atoms with E-state index in [0.717, 1.165) is 40.4 Å². The summed E-state index contributed by atoms with van der Waals surface area (Å²) in [5, 5.41) is 12.8. The zero-order chi connectivity index (χ0) is 21.8.